The summed E-state index contributed by atoms with van der Waals surface area (Å²) in [7, 11) is 0. The molecule has 3 aromatic carbocycles. The SMILES string of the molecule is Cc1nc2cc(OC[C@H](O)CN3CCN(c4ccc(C(N)=O)cc4-c4ccccc4)C[C@@H]3C)ccc2s1. The molecule has 0 unspecified atom stereocenters. The number of β-amino-alcohol motifs (C(OH)–C–C–N with tert-alkyl or cyclic N) is 1. The number of aliphatic hydroxyl groups excluding tert-OH is 1. The number of nitrogens with two attached hydrogens (primary N) is 1. The number of carbonyl (C=O) groups excluding carboxylic acids is 1. The van der Waals surface area contributed by atoms with Gasteiger partial charge in [0.15, 0.2) is 0 Å². The van der Waals surface area contributed by atoms with Gasteiger partial charge in [-0.2, -0.15) is 0 Å². The lowest BCUT2D eigenvalue weighted by Crippen LogP contribution is -2.54. The molecule has 192 valence electrons. The van der Waals surface area contributed by atoms with Crippen molar-refractivity contribution < 1.29 is 14.6 Å². The fourth-order valence-corrected chi connectivity index (χ4v) is 5.73. The quantitative estimate of drug-likeness (QED) is 0.362. The predicted molar refractivity (Wildman–Crippen MR) is 150 cm³/mol. The summed E-state index contributed by atoms with van der Waals surface area (Å²) in [6.07, 6.45) is -0.600. The first kappa shape index (κ1) is 25.2. The van der Waals surface area contributed by atoms with Crippen molar-refractivity contribution in [2.24, 2.45) is 5.73 Å². The summed E-state index contributed by atoms with van der Waals surface area (Å²) in [5.74, 6) is 0.294. The van der Waals surface area contributed by atoms with Crippen LogP contribution in [-0.2, 0) is 0 Å². The summed E-state index contributed by atoms with van der Waals surface area (Å²) in [5, 5.41) is 11.7. The number of piperazine rings is 1. The Hall–Kier alpha value is -3.46. The van der Waals surface area contributed by atoms with Gasteiger partial charge in [-0.05, 0) is 49.7 Å². The molecular formula is C29H32N4O3S. The van der Waals surface area contributed by atoms with Gasteiger partial charge < -0.3 is 20.5 Å². The molecule has 3 N–H and O–H groups in total. The van der Waals surface area contributed by atoms with Crippen molar-refractivity contribution in [2.75, 3.05) is 37.7 Å². The number of ether oxygens (including phenoxy) is 1. The molecule has 37 heavy (non-hydrogen) atoms. The van der Waals surface area contributed by atoms with Gasteiger partial charge in [0.05, 0.1) is 15.2 Å². The summed E-state index contributed by atoms with van der Waals surface area (Å²) in [6.45, 7) is 7.38. The van der Waals surface area contributed by atoms with Gasteiger partial charge in [0.1, 0.15) is 18.5 Å². The van der Waals surface area contributed by atoms with Crippen LogP contribution in [0.5, 0.6) is 5.75 Å². The maximum Gasteiger partial charge on any atom is 0.248 e. The number of anilines is 1. The zero-order valence-electron chi connectivity index (χ0n) is 21.1. The molecule has 1 aliphatic rings. The van der Waals surface area contributed by atoms with Crippen LogP contribution in [0.3, 0.4) is 0 Å². The van der Waals surface area contributed by atoms with Crippen molar-refractivity contribution in [2.45, 2.75) is 26.0 Å². The van der Waals surface area contributed by atoms with Crippen LogP contribution in [-0.4, -0.2) is 65.8 Å². The number of thiazole rings is 1. The first-order chi connectivity index (χ1) is 17.9. The second kappa shape index (κ2) is 10.9. The minimum Gasteiger partial charge on any atom is -0.491 e. The van der Waals surface area contributed by atoms with E-state index in [4.69, 9.17) is 10.5 Å². The number of aryl methyl sites for hydroxylation is 1. The first-order valence-electron chi connectivity index (χ1n) is 12.5. The smallest absolute Gasteiger partial charge is 0.248 e. The Morgan fingerprint density at radius 2 is 1.97 bits per heavy atom. The highest BCUT2D eigenvalue weighted by Crippen LogP contribution is 2.33. The molecule has 0 bridgehead atoms. The monoisotopic (exact) mass is 516 g/mol. The van der Waals surface area contributed by atoms with Gasteiger partial charge in [-0.25, -0.2) is 4.98 Å². The average molecular weight is 517 g/mol. The molecule has 1 aliphatic heterocycles. The van der Waals surface area contributed by atoms with E-state index in [1.165, 1.54) is 0 Å². The van der Waals surface area contributed by atoms with Crippen LogP contribution in [0.4, 0.5) is 5.69 Å². The van der Waals surface area contributed by atoms with Crippen LogP contribution >= 0.6 is 11.3 Å². The molecule has 7 nitrogen and oxygen atoms in total. The zero-order chi connectivity index (χ0) is 25.9. The third-order valence-electron chi connectivity index (χ3n) is 6.83. The van der Waals surface area contributed by atoms with E-state index in [-0.39, 0.29) is 12.6 Å². The number of primary amides is 1. The lowest BCUT2D eigenvalue weighted by Gasteiger charge is -2.42. The van der Waals surface area contributed by atoms with Crippen LogP contribution in [0, 0.1) is 6.92 Å². The van der Waals surface area contributed by atoms with E-state index in [1.807, 2.05) is 67.6 Å². The molecule has 2 atom stereocenters. The van der Waals surface area contributed by atoms with Gasteiger partial charge in [0.2, 0.25) is 5.91 Å². The number of aromatic nitrogens is 1. The topological polar surface area (TPSA) is 91.9 Å². The van der Waals surface area contributed by atoms with Gasteiger partial charge in [0.25, 0.3) is 0 Å². The van der Waals surface area contributed by atoms with Crippen LogP contribution in [0.1, 0.15) is 22.3 Å². The molecule has 2 heterocycles. The zero-order valence-corrected chi connectivity index (χ0v) is 21.9. The highest BCUT2D eigenvalue weighted by molar-refractivity contribution is 7.18. The normalized spacial score (nSPS) is 17.2. The number of amides is 1. The Morgan fingerprint density at radius 3 is 2.73 bits per heavy atom. The molecule has 4 aromatic rings. The van der Waals surface area contributed by atoms with E-state index >= 15 is 0 Å². The van der Waals surface area contributed by atoms with Gasteiger partial charge >= 0.3 is 0 Å². The molecule has 0 aliphatic carbocycles. The lowest BCUT2D eigenvalue weighted by atomic mass is 9.99. The highest BCUT2D eigenvalue weighted by atomic mass is 32.1. The fourth-order valence-electron chi connectivity index (χ4n) is 4.93. The van der Waals surface area contributed by atoms with E-state index in [2.05, 4.69) is 21.7 Å². The second-order valence-corrected chi connectivity index (χ2v) is 10.8. The summed E-state index contributed by atoms with van der Waals surface area (Å²) < 4.78 is 7.02. The minimum absolute atomic E-state index is 0.230. The number of rotatable bonds is 8. The van der Waals surface area contributed by atoms with E-state index in [1.54, 1.807) is 17.4 Å². The highest BCUT2D eigenvalue weighted by Gasteiger charge is 2.27. The lowest BCUT2D eigenvalue weighted by molar-refractivity contribution is 0.0513. The van der Waals surface area contributed by atoms with E-state index < -0.39 is 12.0 Å². The summed E-state index contributed by atoms with van der Waals surface area (Å²) in [4.78, 5) is 21.0. The van der Waals surface area contributed by atoms with Crippen molar-refractivity contribution in [1.82, 2.24) is 9.88 Å². The summed E-state index contributed by atoms with van der Waals surface area (Å²) in [6, 6.07) is 21.9. The predicted octanol–water partition coefficient (Wildman–Crippen LogP) is 4.32. The molecule has 1 aromatic heterocycles. The van der Waals surface area contributed by atoms with E-state index in [0.717, 1.165) is 57.4 Å². The van der Waals surface area contributed by atoms with E-state index in [0.29, 0.717) is 12.1 Å². The van der Waals surface area contributed by atoms with Crippen molar-refractivity contribution in [1.29, 1.82) is 0 Å². The van der Waals surface area contributed by atoms with Crippen molar-refractivity contribution >= 4 is 33.1 Å². The molecule has 0 saturated carbocycles. The average Bonchev–Trinajstić information content (AvgIpc) is 3.28. The number of benzene rings is 3. The molecule has 0 radical (unpaired) electrons. The maximum absolute atomic E-state index is 11.8. The summed E-state index contributed by atoms with van der Waals surface area (Å²) in [5.41, 5.74) is 10.1. The first-order valence-corrected chi connectivity index (χ1v) is 13.4. The van der Waals surface area contributed by atoms with Crippen LogP contribution in [0.15, 0.2) is 66.7 Å². The van der Waals surface area contributed by atoms with Crippen molar-refractivity contribution in [3.8, 4) is 16.9 Å². The Bertz CT molecular complexity index is 1390. The Morgan fingerprint density at radius 1 is 1.16 bits per heavy atom. The van der Waals surface area contributed by atoms with Crippen LogP contribution in [0.2, 0.25) is 0 Å². The molecule has 1 fully saturated rings. The maximum atomic E-state index is 11.8. The largest absolute Gasteiger partial charge is 0.491 e. The number of nitrogens with zero attached hydrogens (tertiary/aromatic N) is 3. The third kappa shape index (κ3) is 5.77. The van der Waals surface area contributed by atoms with Crippen LogP contribution < -0.4 is 15.4 Å². The number of carbonyl (C=O) groups is 1. The second-order valence-electron chi connectivity index (χ2n) is 9.58. The van der Waals surface area contributed by atoms with Gasteiger partial charge in [-0.3, -0.25) is 9.69 Å². The molecule has 5 rings (SSSR count). The number of hydrogen-bond donors (Lipinski definition) is 2. The Labute approximate surface area is 221 Å². The summed E-state index contributed by atoms with van der Waals surface area (Å²) >= 11 is 1.66. The van der Waals surface area contributed by atoms with Crippen molar-refractivity contribution in [3.63, 3.8) is 0 Å². The van der Waals surface area contributed by atoms with Crippen LogP contribution in [0.25, 0.3) is 21.3 Å². The Kier molecular flexibility index (Phi) is 7.41. The number of hydrogen-bond acceptors (Lipinski definition) is 7. The third-order valence-corrected chi connectivity index (χ3v) is 7.78. The molecule has 1 saturated heterocycles. The van der Waals surface area contributed by atoms with E-state index in [9.17, 15) is 9.90 Å². The molecule has 0 spiro atoms. The Balaban J connectivity index is 1.22. The van der Waals surface area contributed by atoms with Gasteiger partial charge in [-0.1, -0.05) is 30.3 Å². The minimum atomic E-state index is -0.600. The fraction of sp³-hybridized carbons (Fsp3) is 0.310. The van der Waals surface area contributed by atoms with Gasteiger partial charge in [-0.15, -0.1) is 11.3 Å². The molecular weight excluding hydrogens is 484 g/mol. The van der Waals surface area contributed by atoms with Crippen molar-refractivity contribution in [3.05, 3.63) is 77.3 Å². The molecule has 8 heteroatoms. The number of aliphatic hydroxyl groups is 1. The standard InChI is InChI=1S/C29H32N4O3S/c1-19-16-33(27-10-8-22(29(30)35)14-25(27)21-6-4-3-5-7-21)13-12-32(19)17-23(34)18-36-24-9-11-28-26(15-24)31-20(2)37-28/h3-11,14-15,19,23,34H,12-13,16-18H2,1-2H3,(H2,30,35)/t19-,23+/m0/s1. The van der Waals surface area contributed by atoms with Gasteiger partial charge in [0, 0.05) is 55.1 Å². The number of fused-ring (bicyclic) bond motifs is 1. The molecule has 1 amide bonds.